The van der Waals surface area contributed by atoms with Gasteiger partial charge in [-0.05, 0) is 23.3 Å². The van der Waals surface area contributed by atoms with E-state index in [0.717, 1.165) is 5.11 Å². The van der Waals surface area contributed by atoms with Crippen LogP contribution in [0.5, 0.6) is 0 Å². The van der Waals surface area contributed by atoms with E-state index in [9.17, 15) is 0 Å². The maximum atomic E-state index is 5.25. The van der Waals surface area contributed by atoms with Gasteiger partial charge in [-0.3, -0.25) is 0 Å². The van der Waals surface area contributed by atoms with Crippen LogP contribution in [0.2, 0.25) is 0 Å². The van der Waals surface area contributed by atoms with Crippen molar-refractivity contribution in [3.63, 3.8) is 0 Å². The normalized spacial score (nSPS) is 22.3. The molecule has 1 aliphatic heterocycles. The number of rotatable bonds is 2. The van der Waals surface area contributed by atoms with Crippen LogP contribution in [-0.2, 0) is 0 Å². The maximum Gasteiger partial charge on any atom is 0.167 e. The highest BCUT2D eigenvalue weighted by molar-refractivity contribution is 7.80. The van der Waals surface area contributed by atoms with Crippen molar-refractivity contribution in [3.8, 4) is 0 Å². The second kappa shape index (κ2) is 4.78. The molecule has 3 rings (SSSR count). The molecule has 2 N–H and O–H groups in total. The molecule has 0 unspecified atom stereocenters. The molecule has 0 amide bonds. The topological polar surface area (TPSA) is 24.1 Å². The van der Waals surface area contributed by atoms with Gasteiger partial charge in [-0.2, -0.15) is 0 Å². The second-order valence-electron chi connectivity index (χ2n) is 4.39. The molecule has 2 aromatic rings. The largest absolute Gasteiger partial charge is 0.353 e. The first-order chi connectivity index (χ1) is 8.84. The highest BCUT2D eigenvalue weighted by Crippen LogP contribution is 2.32. The Morgan fingerprint density at radius 2 is 1.06 bits per heavy atom. The third-order valence-corrected chi connectivity index (χ3v) is 3.46. The van der Waals surface area contributed by atoms with E-state index < -0.39 is 0 Å². The molecule has 0 spiro atoms. The van der Waals surface area contributed by atoms with Crippen molar-refractivity contribution in [2.45, 2.75) is 12.1 Å². The fraction of sp³-hybridized carbons (Fsp3) is 0.133. The minimum atomic E-state index is 0.195. The summed E-state index contributed by atoms with van der Waals surface area (Å²) in [6, 6.07) is 21.2. The van der Waals surface area contributed by atoms with Crippen LogP contribution in [0.15, 0.2) is 60.7 Å². The molecule has 2 atom stereocenters. The molecule has 2 nitrogen and oxygen atoms in total. The number of benzene rings is 2. The van der Waals surface area contributed by atoms with E-state index in [1.54, 1.807) is 0 Å². The molecule has 0 radical (unpaired) electrons. The van der Waals surface area contributed by atoms with Crippen molar-refractivity contribution in [3.05, 3.63) is 71.8 Å². The molecule has 0 bridgehead atoms. The lowest BCUT2D eigenvalue weighted by Gasteiger charge is -2.19. The van der Waals surface area contributed by atoms with Gasteiger partial charge in [0.25, 0.3) is 0 Å². The van der Waals surface area contributed by atoms with Crippen molar-refractivity contribution < 1.29 is 0 Å². The van der Waals surface area contributed by atoms with Gasteiger partial charge in [0.2, 0.25) is 0 Å². The second-order valence-corrected chi connectivity index (χ2v) is 4.80. The third-order valence-electron chi connectivity index (χ3n) is 3.22. The predicted octanol–water partition coefficient (Wildman–Crippen LogP) is 2.95. The van der Waals surface area contributed by atoms with Crippen LogP contribution in [0.1, 0.15) is 23.2 Å². The molecule has 1 heterocycles. The third kappa shape index (κ3) is 2.09. The SMILES string of the molecule is S=C1N[C@H](c2ccccc2)[C@@H](c2ccccc2)N1. The lowest BCUT2D eigenvalue weighted by atomic mass is 9.95. The molecule has 0 aromatic heterocycles. The highest BCUT2D eigenvalue weighted by atomic mass is 32.1. The fourth-order valence-electron chi connectivity index (χ4n) is 2.36. The van der Waals surface area contributed by atoms with Crippen LogP contribution in [0.4, 0.5) is 0 Å². The average Bonchev–Trinajstić information content (AvgIpc) is 2.83. The summed E-state index contributed by atoms with van der Waals surface area (Å²) in [4.78, 5) is 0. The molecule has 1 fully saturated rings. The molecule has 1 aliphatic rings. The molecule has 18 heavy (non-hydrogen) atoms. The lowest BCUT2D eigenvalue weighted by molar-refractivity contribution is 0.554. The van der Waals surface area contributed by atoms with E-state index in [1.165, 1.54) is 11.1 Å². The van der Waals surface area contributed by atoms with Crippen LogP contribution in [0.3, 0.4) is 0 Å². The maximum absolute atomic E-state index is 5.25. The Kier molecular flexibility index (Phi) is 2.99. The van der Waals surface area contributed by atoms with E-state index in [0.29, 0.717) is 0 Å². The Labute approximate surface area is 112 Å². The summed E-state index contributed by atoms with van der Waals surface area (Å²) in [5, 5.41) is 7.40. The van der Waals surface area contributed by atoms with E-state index >= 15 is 0 Å². The molecule has 90 valence electrons. The van der Waals surface area contributed by atoms with Crippen LogP contribution in [-0.4, -0.2) is 5.11 Å². The summed E-state index contributed by atoms with van der Waals surface area (Å²) in [6.45, 7) is 0. The van der Waals surface area contributed by atoms with Gasteiger partial charge in [-0.1, -0.05) is 60.7 Å². The number of thiocarbonyl (C=S) groups is 1. The minimum Gasteiger partial charge on any atom is -0.353 e. The summed E-state index contributed by atoms with van der Waals surface area (Å²) in [6.07, 6.45) is 0. The van der Waals surface area contributed by atoms with E-state index in [-0.39, 0.29) is 12.1 Å². The predicted molar refractivity (Wildman–Crippen MR) is 77.2 cm³/mol. The van der Waals surface area contributed by atoms with E-state index in [2.05, 4.69) is 59.2 Å². The Morgan fingerprint density at radius 1 is 0.667 bits per heavy atom. The average molecular weight is 254 g/mol. The number of hydrogen-bond donors (Lipinski definition) is 2. The molecule has 0 aliphatic carbocycles. The molecular weight excluding hydrogens is 240 g/mol. The zero-order valence-electron chi connectivity index (χ0n) is 9.84. The smallest absolute Gasteiger partial charge is 0.167 e. The van der Waals surface area contributed by atoms with Crippen molar-refractivity contribution in [2.75, 3.05) is 0 Å². The van der Waals surface area contributed by atoms with Crippen LogP contribution in [0, 0.1) is 0 Å². The van der Waals surface area contributed by atoms with Crippen molar-refractivity contribution in [2.24, 2.45) is 0 Å². The van der Waals surface area contributed by atoms with E-state index in [4.69, 9.17) is 12.2 Å². The highest BCUT2D eigenvalue weighted by Gasteiger charge is 2.31. The van der Waals surface area contributed by atoms with Gasteiger partial charge < -0.3 is 10.6 Å². The van der Waals surface area contributed by atoms with Gasteiger partial charge in [-0.15, -0.1) is 0 Å². The van der Waals surface area contributed by atoms with Gasteiger partial charge in [0.15, 0.2) is 5.11 Å². The first kappa shape index (κ1) is 11.2. The molecule has 0 saturated carbocycles. The zero-order chi connectivity index (χ0) is 12.4. The standard InChI is InChI=1S/C15H14N2S/c18-15-16-13(11-7-3-1-4-8-11)14(17-15)12-9-5-2-6-10-12/h1-10,13-14H,(H2,16,17,18)/t13-,14-/m1/s1. The first-order valence-electron chi connectivity index (χ1n) is 6.01. The minimum absolute atomic E-state index is 0.195. The van der Waals surface area contributed by atoms with Crippen LogP contribution < -0.4 is 10.6 Å². The number of hydrogen-bond acceptors (Lipinski definition) is 1. The Morgan fingerprint density at radius 3 is 1.44 bits per heavy atom. The molecule has 1 saturated heterocycles. The van der Waals surface area contributed by atoms with Gasteiger partial charge in [0, 0.05) is 0 Å². The summed E-state index contributed by atoms with van der Waals surface area (Å²) in [5.41, 5.74) is 2.50. The Bertz CT molecular complexity index is 489. The van der Waals surface area contributed by atoms with Crippen molar-refractivity contribution in [1.29, 1.82) is 0 Å². The summed E-state index contributed by atoms with van der Waals surface area (Å²) in [5.74, 6) is 0. The monoisotopic (exact) mass is 254 g/mol. The van der Waals surface area contributed by atoms with Crippen molar-refractivity contribution >= 4 is 17.3 Å². The Hall–Kier alpha value is -1.87. The van der Waals surface area contributed by atoms with Crippen molar-refractivity contribution in [1.82, 2.24) is 10.6 Å². The lowest BCUT2D eigenvalue weighted by Crippen LogP contribution is -2.21. The van der Waals surface area contributed by atoms with Gasteiger partial charge in [-0.25, -0.2) is 0 Å². The van der Waals surface area contributed by atoms with Gasteiger partial charge in [0.1, 0.15) is 0 Å². The van der Waals surface area contributed by atoms with Gasteiger partial charge in [0.05, 0.1) is 12.1 Å². The summed E-state index contributed by atoms with van der Waals surface area (Å²) >= 11 is 5.25. The van der Waals surface area contributed by atoms with Crippen LogP contribution in [0.25, 0.3) is 0 Å². The fourth-order valence-corrected chi connectivity index (χ4v) is 2.62. The summed E-state index contributed by atoms with van der Waals surface area (Å²) in [7, 11) is 0. The molecule has 3 heteroatoms. The zero-order valence-corrected chi connectivity index (χ0v) is 10.7. The molecule has 2 aromatic carbocycles. The molecular formula is C15H14N2S. The number of nitrogens with one attached hydrogen (secondary N) is 2. The Balaban J connectivity index is 1.96. The quantitative estimate of drug-likeness (QED) is 0.806. The van der Waals surface area contributed by atoms with Crippen LogP contribution >= 0.6 is 12.2 Å². The van der Waals surface area contributed by atoms with Gasteiger partial charge >= 0.3 is 0 Å². The van der Waals surface area contributed by atoms with E-state index in [1.807, 2.05) is 12.1 Å². The first-order valence-corrected chi connectivity index (χ1v) is 6.42. The summed E-state index contributed by atoms with van der Waals surface area (Å²) < 4.78 is 0.